The van der Waals surface area contributed by atoms with Crippen molar-refractivity contribution in [1.82, 2.24) is 4.90 Å². The number of nitrogens with zero attached hydrogens (tertiary/aromatic N) is 5. The Bertz CT molecular complexity index is 1240. The lowest BCUT2D eigenvalue weighted by molar-refractivity contribution is -0.384. The molecule has 0 saturated carbocycles. The maximum atomic E-state index is 14.7. The van der Waals surface area contributed by atoms with E-state index in [1.54, 1.807) is 60.3 Å². The van der Waals surface area contributed by atoms with Gasteiger partial charge >= 0.3 is 5.97 Å². The first kappa shape index (κ1) is 25.6. The monoisotopic (exact) mass is 523 g/mol. The topological polar surface area (TPSA) is 127 Å². The highest BCUT2D eigenvalue weighted by atomic mass is 16.6. The number of rotatable bonds is 7. The van der Waals surface area contributed by atoms with Crippen LogP contribution in [0.4, 0.5) is 17.1 Å². The van der Waals surface area contributed by atoms with Gasteiger partial charge in [0.05, 0.1) is 43.5 Å². The molecule has 3 heterocycles. The molecule has 12 heteroatoms. The summed E-state index contributed by atoms with van der Waals surface area (Å²) in [7, 11) is 1.57. The van der Waals surface area contributed by atoms with Gasteiger partial charge in [0.15, 0.2) is 5.71 Å². The minimum Gasteiger partial charge on any atom is -0.497 e. The third-order valence-corrected chi connectivity index (χ3v) is 7.21. The Morgan fingerprint density at radius 3 is 2.37 bits per heavy atom. The van der Waals surface area contributed by atoms with Gasteiger partial charge in [-0.3, -0.25) is 19.8 Å². The predicted octanol–water partition coefficient (Wildman–Crippen LogP) is 2.42. The van der Waals surface area contributed by atoms with E-state index >= 15 is 0 Å². The van der Waals surface area contributed by atoms with Crippen molar-refractivity contribution in [3.05, 3.63) is 58.6 Å². The van der Waals surface area contributed by atoms with Gasteiger partial charge in [0.25, 0.3) is 11.6 Å². The van der Waals surface area contributed by atoms with E-state index in [0.29, 0.717) is 56.4 Å². The number of amides is 1. The summed E-state index contributed by atoms with van der Waals surface area (Å²) in [6, 6.07) is 13.1. The highest BCUT2D eigenvalue weighted by molar-refractivity contribution is 6.40. The third kappa shape index (κ3) is 4.15. The fourth-order valence-corrected chi connectivity index (χ4v) is 5.49. The van der Waals surface area contributed by atoms with Crippen molar-refractivity contribution in [1.29, 1.82) is 0 Å². The first-order valence-electron chi connectivity index (χ1n) is 12.5. The predicted molar refractivity (Wildman–Crippen MR) is 138 cm³/mol. The Morgan fingerprint density at radius 1 is 1.11 bits per heavy atom. The van der Waals surface area contributed by atoms with Crippen LogP contribution < -0.4 is 14.6 Å². The van der Waals surface area contributed by atoms with E-state index < -0.39 is 22.5 Å². The van der Waals surface area contributed by atoms with Crippen LogP contribution >= 0.6 is 0 Å². The van der Waals surface area contributed by atoms with Crippen molar-refractivity contribution in [2.75, 3.05) is 56.5 Å². The number of non-ortho nitro benzene ring substituents is 1. The molecule has 2 saturated heterocycles. The second-order valence-corrected chi connectivity index (χ2v) is 9.11. The minimum atomic E-state index is -1.36. The lowest BCUT2D eigenvalue weighted by atomic mass is 9.79. The number of ether oxygens (including phenoxy) is 3. The molecule has 1 amide bonds. The van der Waals surface area contributed by atoms with E-state index in [2.05, 4.69) is 0 Å². The molecule has 0 spiro atoms. The van der Waals surface area contributed by atoms with E-state index in [0.717, 1.165) is 0 Å². The number of esters is 1. The van der Waals surface area contributed by atoms with Crippen LogP contribution in [-0.4, -0.2) is 79.6 Å². The summed E-state index contributed by atoms with van der Waals surface area (Å²) in [6.07, 6.45) is 0.435. The zero-order valence-electron chi connectivity index (χ0n) is 21.2. The van der Waals surface area contributed by atoms with Crippen LogP contribution in [-0.2, 0) is 19.1 Å². The highest BCUT2D eigenvalue weighted by Gasteiger charge is 2.65. The molecule has 2 aromatic rings. The average Bonchev–Trinajstić information content (AvgIpc) is 3.31. The van der Waals surface area contributed by atoms with Crippen LogP contribution in [0, 0.1) is 16.0 Å². The van der Waals surface area contributed by atoms with Crippen LogP contribution in [0.5, 0.6) is 5.75 Å². The quantitative estimate of drug-likeness (QED) is 0.305. The molecule has 3 aliphatic heterocycles. The Kier molecular flexibility index (Phi) is 7.00. The summed E-state index contributed by atoms with van der Waals surface area (Å²) in [5.74, 6) is -0.753. The number of fused-ring (bicyclic) bond motifs is 1. The molecule has 0 aliphatic carbocycles. The molecule has 0 aromatic heterocycles. The van der Waals surface area contributed by atoms with Gasteiger partial charge in [-0.2, -0.15) is 5.10 Å². The number of carbonyl (C=O) groups excluding carboxylic acids is 2. The molecule has 2 aromatic carbocycles. The van der Waals surface area contributed by atoms with Gasteiger partial charge in [-0.05, 0) is 49.7 Å². The van der Waals surface area contributed by atoms with E-state index in [1.807, 2.05) is 4.90 Å². The lowest BCUT2D eigenvalue weighted by Crippen LogP contribution is -2.74. The van der Waals surface area contributed by atoms with Crippen LogP contribution in [0.15, 0.2) is 53.6 Å². The maximum Gasteiger partial charge on any atom is 0.354 e. The number of methoxy groups -OCH3 is 1. The fourth-order valence-electron chi connectivity index (χ4n) is 5.49. The molecule has 2 atom stereocenters. The first-order valence-corrected chi connectivity index (χ1v) is 12.5. The molecule has 3 aliphatic rings. The van der Waals surface area contributed by atoms with Crippen LogP contribution in [0.1, 0.15) is 13.3 Å². The van der Waals surface area contributed by atoms with Gasteiger partial charge < -0.3 is 19.1 Å². The number of morpholine rings is 1. The number of benzene rings is 2. The zero-order chi connectivity index (χ0) is 26.9. The molecule has 0 unspecified atom stereocenters. The molecule has 38 heavy (non-hydrogen) atoms. The Morgan fingerprint density at radius 2 is 1.76 bits per heavy atom. The zero-order valence-corrected chi connectivity index (χ0v) is 21.2. The van der Waals surface area contributed by atoms with Gasteiger partial charge in [-0.1, -0.05) is 0 Å². The van der Waals surface area contributed by atoms with Crippen molar-refractivity contribution in [2.24, 2.45) is 11.0 Å². The summed E-state index contributed by atoms with van der Waals surface area (Å²) >= 11 is 0. The van der Waals surface area contributed by atoms with Crippen molar-refractivity contribution in [3.63, 3.8) is 0 Å². The standard InChI is InChI=1S/C26H29N5O7/c1-3-38-24(32)23-22-12-13-29(18-4-6-20(7-5-18)31(34)35)25(33)26(22,28-14-16-37-17-15-28)30(27-23)19-8-10-21(36-2)11-9-19/h4-11,22H,3,12-17H2,1-2H3/t22-,26+/m0/s1. The molecule has 2 fully saturated rings. The van der Waals surface area contributed by atoms with Gasteiger partial charge in [0.1, 0.15) is 5.75 Å². The van der Waals surface area contributed by atoms with E-state index in [1.165, 1.54) is 12.1 Å². The van der Waals surface area contributed by atoms with Gasteiger partial charge in [-0.15, -0.1) is 0 Å². The molecule has 12 nitrogen and oxygen atoms in total. The number of carbonyl (C=O) groups is 2. The summed E-state index contributed by atoms with van der Waals surface area (Å²) in [6.45, 7) is 3.97. The van der Waals surface area contributed by atoms with E-state index in [4.69, 9.17) is 19.3 Å². The average molecular weight is 524 g/mol. The molecular formula is C26H29N5O7. The third-order valence-electron chi connectivity index (χ3n) is 7.21. The smallest absolute Gasteiger partial charge is 0.354 e. The summed E-state index contributed by atoms with van der Waals surface area (Å²) in [4.78, 5) is 42.2. The van der Waals surface area contributed by atoms with Gasteiger partial charge in [0, 0.05) is 37.5 Å². The Labute approximate surface area is 219 Å². The van der Waals surface area contributed by atoms with Crippen molar-refractivity contribution in [3.8, 4) is 5.75 Å². The largest absolute Gasteiger partial charge is 0.497 e. The number of hydrogen-bond donors (Lipinski definition) is 0. The normalized spacial score (nSPS) is 23.6. The number of piperidine rings is 1. The summed E-state index contributed by atoms with van der Waals surface area (Å²) in [5, 5.41) is 17.6. The summed E-state index contributed by atoms with van der Waals surface area (Å²) in [5.41, 5.74) is -0.0783. The number of hydrazone groups is 1. The SMILES string of the molecule is CCOC(=O)C1=NN(c2ccc(OC)cc2)[C@@]2(N3CCOCC3)C(=O)N(c3ccc([N+](=O)[O-])cc3)CC[C@@H]12. The summed E-state index contributed by atoms with van der Waals surface area (Å²) < 4.78 is 16.3. The highest BCUT2D eigenvalue weighted by Crippen LogP contribution is 2.47. The van der Waals surface area contributed by atoms with Gasteiger partial charge in [-0.25, -0.2) is 9.80 Å². The fraction of sp³-hybridized carbons (Fsp3) is 0.423. The molecule has 200 valence electrons. The molecule has 0 bridgehead atoms. The molecule has 0 N–H and O–H groups in total. The maximum absolute atomic E-state index is 14.7. The molecule has 5 rings (SSSR count). The number of anilines is 2. The lowest BCUT2D eigenvalue weighted by Gasteiger charge is -2.53. The van der Waals surface area contributed by atoms with E-state index in [-0.39, 0.29) is 23.9 Å². The van der Waals surface area contributed by atoms with E-state index in [9.17, 15) is 19.7 Å². The Balaban J connectivity index is 1.65. The number of nitro groups is 1. The van der Waals surface area contributed by atoms with Crippen LogP contribution in [0.2, 0.25) is 0 Å². The second kappa shape index (κ2) is 10.4. The number of hydrogen-bond acceptors (Lipinski definition) is 10. The van der Waals surface area contributed by atoms with Crippen LogP contribution in [0.3, 0.4) is 0 Å². The van der Waals surface area contributed by atoms with Crippen molar-refractivity contribution >= 4 is 34.7 Å². The van der Waals surface area contributed by atoms with Gasteiger partial charge in [0.2, 0.25) is 5.66 Å². The minimum absolute atomic E-state index is 0.0624. The van der Waals surface area contributed by atoms with Crippen molar-refractivity contribution < 1.29 is 28.7 Å². The van der Waals surface area contributed by atoms with Crippen molar-refractivity contribution in [2.45, 2.75) is 19.0 Å². The van der Waals surface area contributed by atoms with Crippen LogP contribution in [0.25, 0.3) is 0 Å². The Hall–Kier alpha value is -4.03. The number of nitro benzene ring substituents is 1. The molecule has 0 radical (unpaired) electrons. The first-order chi connectivity index (χ1) is 18.4. The molecular weight excluding hydrogens is 494 g/mol. The second-order valence-electron chi connectivity index (χ2n) is 9.11.